The van der Waals surface area contributed by atoms with Gasteiger partial charge in [-0.25, -0.2) is 9.36 Å². The van der Waals surface area contributed by atoms with Crippen molar-refractivity contribution in [2.24, 2.45) is 5.41 Å². The fourth-order valence-electron chi connectivity index (χ4n) is 3.10. The summed E-state index contributed by atoms with van der Waals surface area (Å²) in [5, 5.41) is 22.1. The van der Waals surface area contributed by atoms with Gasteiger partial charge >= 0.3 is 19.4 Å². The molecule has 0 aliphatic rings. The number of aromatic amines is 1. The summed E-state index contributed by atoms with van der Waals surface area (Å²) in [5.74, 6) is -0.466. The minimum absolute atomic E-state index is 0.205. The SMILES string of the molecule is CC(C)OC(=O)[C@H](C)NP(=O)(OC[C@H](C)O[C@@H](n1ccc(=O)[nH]c1=O)[C@](C)(C#N)CO)Oc1ccccc1. The second-order valence-electron chi connectivity index (χ2n) is 9.04. The third kappa shape index (κ3) is 8.65. The van der Waals surface area contributed by atoms with E-state index in [0.29, 0.717) is 0 Å². The van der Waals surface area contributed by atoms with Crippen LogP contribution in [0.5, 0.6) is 5.75 Å². The third-order valence-corrected chi connectivity index (χ3v) is 6.74. The Kier molecular flexibility index (Phi) is 11.0. The van der Waals surface area contributed by atoms with E-state index >= 15 is 0 Å². The van der Waals surface area contributed by atoms with Crippen LogP contribution in [0.3, 0.4) is 0 Å². The van der Waals surface area contributed by atoms with E-state index in [4.69, 9.17) is 18.5 Å². The Labute approximate surface area is 219 Å². The molecule has 1 aromatic heterocycles. The number of hydrogen-bond donors (Lipinski definition) is 3. The summed E-state index contributed by atoms with van der Waals surface area (Å²) in [7, 11) is -4.20. The van der Waals surface area contributed by atoms with Gasteiger partial charge in [-0.05, 0) is 46.8 Å². The van der Waals surface area contributed by atoms with Gasteiger partial charge in [0.05, 0.1) is 31.5 Å². The molecule has 208 valence electrons. The first-order valence-electron chi connectivity index (χ1n) is 11.8. The van der Waals surface area contributed by atoms with Gasteiger partial charge in [0.15, 0.2) is 6.23 Å². The van der Waals surface area contributed by atoms with Gasteiger partial charge in [-0.2, -0.15) is 10.3 Å². The standard InChI is InChI=1S/C24H33N4O9P/c1-16(2)35-21(31)18(4)27-38(33,37-19-9-7-6-8-10-19)34-13-17(3)36-22(24(5,14-25)15-29)28-12-11-20(30)26-23(28)32/h6-12,16-18,22,29H,13,15H2,1-5H3,(H,27,33)(H,26,30,32)/t17-,18-,22+,24+,38?/m0/s1. The number of nitrogens with one attached hydrogen (secondary N) is 2. The van der Waals surface area contributed by atoms with Crippen LogP contribution in [0.25, 0.3) is 0 Å². The number of aliphatic hydroxyl groups excluding tert-OH is 1. The second-order valence-corrected chi connectivity index (χ2v) is 10.7. The van der Waals surface area contributed by atoms with Crippen LogP contribution in [0.1, 0.15) is 40.8 Å². The molecule has 0 radical (unpaired) electrons. The normalized spacial score (nSPS) is 16.9. The number of hydrogen-bond acceptors (Lipinski definition) is 10. The summed E-state index contributed by atoms with van der Waals surface area (Å²) in [6, 6.07) is 10.1. The molecule has 0 fully saturated rings. The summed E-state index contributed by atoms with van der Waals surface area (Å²) >= 11 is 0. The third-order valence-electron chi connectivity index (χ3n) is 5.10. The van der Waals surface area contributed by atoms with E-state index in [1.807, 2.05) is 6.07 Å². The molecule has 0 aliphatic carbocycles. The predicted octanol–water partition coefficient (Wildman–Crippen LogP) is 2.10. The second kappa shape index (κ2) is 13.5. The number of carbonyl (C=O) groups excluding carboxylic acids is 1. The molecule has 2 aromatic rings. The van der Waals surface area contributed by atoms with Gasteiger partial charge in [0.25, 0.3) is 5.56 Å². The number of aromatic nitrogens is 2. The first kappa shape index (κ1) is 31.0. The van der Waals surface area contributed by atoms with Crippen molar-refractivity contribution in [3.63, 3.8) is 0 Å². The maximum atomic E-state index is 13.6. The maximum Gasteiger partial charge on any atom is 0.459 e. The van der Waals surface area contributed by atoms with E-state index in [1.54, 1.807) is 44.2 Å². The maximum absolute atomic E-state index is 13.6. The van der Waals surface area contributed by atoms with Crippen LogP contribution in [0, 0.1) is 16.7 Å². The van der Waals surface area contributed by atoms with E-state index in [9.17, 15) is 29.3 Å². The molecule has 2 rings (SSSR count). The average Bonchev–Trinajstić information content (AvgIpc) is 2.86. The molecule has 1 unspecified atom stereocenters. The molecule has 0 aliphatic heterocycles. The molecule has 3 N–H and O–H groups in total. The molecular formula is C24H33N4O9P. The van der Waals surface area contributed by atoms with E-state index in [1.165, 1.54) is 20.8 Å². The Balaban J connectivity index is 2.27. The topological polar surface area (TPSA) is 182 Å². The highest BCUT2D eigenvalue weighted by Crippen LogP contribution is 2.45. The number of carbonyl (C=O) groups is 1. The lowest BCUT2D eigenvalue weighted by Crippen LogP contribution is -2.43. The van der Waals surface area contributed by atoms with Crippen molar-refractivity contribution < 1.29 is 33.0 Å². The summed E-state index contributed by atoms with van der Waals surface area (Å²) in [4.78, 5) is 38.3. The summed E-state index contributed by atoms with van der Waals surface area (Å²) < 4.78 is 36.8. The Morgan fingerprint density at radius 2 is 1.87 bits per heavy atom. The number of nitrogens with zero attached hydrogens (tertiary/aromatic N) is 2. The molecule has 0 amide bonds. The Morgan fingerprint density at radius 3 is 2.42 bits per heavy atom. The average molecular weight is 553 g/mol. The van der Waals surface area contributed by atoms with Crippen molar-refractivity contribution in [2.75, 3.05) is 13.2 Å². The van der Waals surface area contributed by atoms with Crippen molar-refractivity contribution in [3.8, 4) is 11.8 Å². The van der Waals surface area contributed by atoms with E-state index in [0.717, 1.165) is 16.8 Å². The van der Waals surface area contributed by atoms with Crippen LogP contribution >= 0.6 is 7.75 Å². The van der Waals surface area contributed by atoms with Gasteiger partial charge in [-0.15, -0.1) is 0 Å². The quantitative estimate of drug-likeness (QED) is 0.230. The lowest BCUT2D eigenvalue weighted by Gasteiger charge is -2.33. The monoisotopic (exact) mass is 552 g/mol. The summed E-state index contributed by atoms with van der Waals surface area (Å²) in [6.45, 7) is 6.60. The highest BCUT2D eigenvalue weighted by molar-refractivity contribution is 7.52. The molecule has 38 heavy (non-hydrogen) atoms. The molecule has 13 nitrogen and oxygen atoms in total. The van der Waals surface area contributed by atoms with Crippen molar-refractivity contribution in [2.45, 2.75) is 59.1 Å². The molecule has 0 bridgehead atoms. The van der Waals surface area contributed by atoms with Crippen LogP contribution in [0.4, 0.5) is 0 Å². The molecule has 0 saturated carbocycles. The van der Waals surface area contributed by atoms with Gasteiger partial charge in [0.2, 0.25) is 0 Å². The molecule has 14 heteroatoms. The smallest absolute Gasteiger partial charge is 0.459 e. The van der Waals surface area contributed by atoms with Gasteiger partial charge in [0.1, 0.15) is 17.2 Å². The van der Waals surface area contributed by atoms with Gasteiger partial charge in [0, 0.05) is 12.3 Å². The fraction of sp³-hybridized carbons (Fsp3) is 0.500. The van der Waals surface area contributed by atoms with Gasteiger partial charge in [-0.1, -0.05) is 18.2 Å². The van der Waals surface area contributed by atoms with Crippen LogP contribution in [0.2, 0.25) is 0 Å². The largest absolute Gasteiger partial charge is 0.462 e. The van der Waals surface area contributed by atoms with E-state index < -0.39 is 61.5 Å². The van der Waals surface area contributed by atoms with Crippen LogP contribution in [0.15, 0.2) is 52.2 Å². The number of esters is 1. The number of para-hydroxylation sites is 1. The lowest BCUT2D eigenvalue weighted by molar-refractivity contribution is -0.149. The first-order valence-corrected chi connectivity index (χ1v) is 13.3. The minimum Gasteiger partial charge on any atom is -0.462 e. The molecule has 0 saturated heterocycles. The van der Waals surface area contributed by atoms with Crippen molar-refractivity contribution in [3.05, 3.63) is 63.4 Å². The zero-order chi connectivity index (χ0) is 28.5. The highest BCUT2D eigenvalue weighted by atomic mass is 31.2. The molecule has 5 atom stereocenters. The van der Waals surface area contributed by atoms with Crippen molar-refractivity contribution >= 4 is 13.7 Å². The van der Waals surface area contributed by atoms with Gasteiger partial charge < -0.3 is 19.1 Å². The number of nitriles is 1. The Bertz CT molecular complexity index is 1270. The molecule has 0 spiro atoms. The molecule has 1 aromatic carbocycles. The minimum atomic E-state index is -4.20. The van der Waals surface area contributed by atoms with Crippen LogP contribution < -0.4 is 20.9 Å². The number of rotatable bonds is 14. The number of aliphatic hydroxyl groups is 1. The van der Waals surface area contributed by atoms with Crippen LogP contribution in [-0.2, 0) is 23.4 Å². The Hall–Kier alpha value is -3.27. The predicted molar refractivity (Wildman–Crippen MR) is 136 cm³/mol. The van der Waals surface area contributed by atoms with E-state index in [-0.39, 0.29) is 12.4 Å². The van der Waals surface area contributed by atoms with E-state index in [2.05, 4.69) is 10.1 Å². The van der Waals surface area contributed by atoms with Gasteiger partial charge in [-0.3, -0.25) is 23.7 Å². The summed E-state index contributed by atoms with van der Waals surface area (Å²) in [6.07, 6.45) is -1.55. The Morgan fingerprint density at radius 1 is 1.21 bits per heavy atom. The fourth-order valence-corrected chi connectivity index (χ4v) is 4.67. The zero-order valence-corrected chi connectivity index (χ0v) is 22.7. The number of H-pyrrole nitrogens is 1. The van der Waals surface area contributed by atoms with Crippen molar-refractivity contribution in [1.82, 2.24) is 14.6 Å². The zero-order valence-electron chi connectivity index (χ0n) is 21.8. The molecule has 1 heterocycles. The molecular weight excluding hydrogens is 519 g/mol. The lowest BCUT2D eigenvalue weighted by atomic mass is 9.91. The number of ether oxygens (including phenoxy) is 2. The van der Waals surface area contributed by atoms with Crippen LogP contribution in [-0.4, -0.2) is 52.1 Å². The highest BCUT2D eigenvalue weighted by Gasteiger charge is 2.39. The van der Waals surface area contributed by atoms with Crippen molar-refractivity contribution in [1.29, 1.82) is 5.26 Å². The summed E-state index contributed by atoms with van der Waals surface area (Å²) in [5.41, 5.74) is -3.12. The number of benzene rings is 1. The first-order chi connectivity index (χ1) is 17.8.